The van der Waals surface area contributed by atoms with Crippen LogP contribution < -0.4 is 21.3 Å². The molecule has 3 atom stereocenters. The van der Waals surface area contributed by atoms with E-state index in [0.29, 0.717) is 36.7 Å². The van der Waals surface area contributed by atoms with Gasteiger partial charge >= 0.3 is 6.03 Å². The number of carbonyl (C=O) groups is 2. The standard InChI is InChI=1S/C21H30N4O3/c26-20(12-14-10-17-7-8-18(11-14)23-17)24-15-3-5-16(6-4-15)25-21(27)22-13-19-2-1-9-28-19/h3-6,14,17-19,23H,1-2,7-13H2,(H,24,26)(H2,22,25,27). The number of hydrogen-bond donors (Lipinski definition) is 4. The van der Waals surface area contributed by atoms with E-state index in [1.807, 2.05) is 12.1 Å². The smallest absolute Gasteiger partial charge is 0.319 e. The van der Waals surface area contributed by atoms with Crippen molar-refractivity contribution in [2.24, 2.45) is 5.92 Å². The number of fused-ring (bicyclic) bond motifs is 2. The number of nitrogens with one attached hydrogen (secondary N) is 4. The summed E-state index contributed by atoms with van der Waals surface area (Å²) >= 11 is 0. The minimum atomic E-state index is -0.243. The van der Waals surface area contributed by atoms with Gasteiger partial charge in [0, 0.05) is 43.0 Å². The SMILES string of the molecule is O=C(CC1CC2CCC(C1)N2)Nc1ccc(NC(=O)NCC2CCCO2)cc1. The molecule has 1 aromatic rings. The fraction of sp³-hybridized carbons (Fsp3) is 0.619. The average molecular weight is 386 g/mol. The van der Waals surface area contributed by atoms with Gasteiger partial charge in [0.15, 0.2) is 0 Å². The van der Waals surface area contributed by atoms with E-state index in [2.05, 4.69) is 21.3 Å². The highest BCUT2D eigenvalue weighted by Gasteiger charge is 2.34. The number of piperidine rings is 1. The van der Waals surface area contributed by atoms with Gasteiger partial charge in [0.25, 0.3) is 0 Å². The lowest BCUT2D eigenvalue weighted by atomic mass is 9.89. The van der Waals surface area contributed by atoms with Crippen molar-refractivity contribution in [3.8, 4) is 0 Å². The molecule has 0 radical (unpaired) electrons. The van der Waals surface area contributed by atoms with Crippen LogP contribution in [0.2, 0.25) is 0 Å². The Kier molecular flexibility index (Phi) is 6.12. The Bertz CT molecular complexity index is 675. The van der Waals surface area contributed by atoms with Gasteiger partial charge in [0.2, 0.25) is 5.91 Å². The highest BCUT2D eigenvalue weighted by atomic mass is 16.5. The number of benzene rings is 1. The van der Waals surface area contributed by atoms with E-state index in [1.54, 1.807) is 12.1 Å². The second kappa shape index (κ2) is 8.92. The molecule has 0 aromatic heterocycles. The molecule has 152 valence electrons. The van der Waals surface area contributed by atoms with Crippen LogP contribution in [0.15, 0.2) is 24.3 Å². The maximum absolute atomic E-state index is 12.4. The largest absolute Gasteiger partial charge is 0.376 e. The third-order valence-electron chi connectivity index (χ3n) is 5.99. The van der Waals surface area contributed by atoms with E-state index in [4.69, 9.17) is 4.74 Å². The van der Waals surface area contributed by atoms with E-state index in [9.17, 15) is 9.59 Å². The molecule has 4 N–H and O–H groups in total. The molecule has 3 heterocycles. The summed E-state index contributed by atoms with van der Waals surface area (Å²) in [6.07, 6.45) is 7.46. The van der Waals surface area contributed by atoms with Gasteiger partial charge < -0.3 is 26.0 Å². The van der Waals surface area contributed by atoms with Crippen molar-refractivity contribution >= 4 is 23.3 Å². The molecular formula is C21H30N4O3. The van der Waals surface area contributed by atoms with Crippen LogP contribution in [-0.4, -0.2) is 43.3 Å². The van der Waals surface area contributed by atoms with Crippen molar-refractivity contribution in [3.05, 3.63) is 24.3 Å². The van der Waals surface area contributed by atoms with Crippen molar-refractivity contribution in [1.29, 1.82) is 0 Å². The lowest BCUT2D eigenvalue weighted by Gasteiger charge is -2.28. The highest BCUT2D eigenvalue weighted by Crippen LogP contribution is 2.32. The molecule has 0 spiro atoms. The van der Waals surface area contributed by atoms with E-state index in [1.165, 1.54) is 12.8 Å². The van der Waals surface area contributed by atoms with Crippen LogP contribution in [0.1, 0.15) is 44.9 Å². The van der Waals surface area contributed by atoms with Gasteiger partial charge in [-0.3, -0.25) is 4.79 Å². The molecule has 28 heavy (non-hydrogen) atoms. The zero-order chi connectivity index (χ0) is 19.3. The first-order chi connectivity index (χ1) is 13.6. The second-order valence-corrected chi connectivity index (χ2v) is 8.27. The predicted molar refractivity (Wildman–Crippen MR) is 108 cm³/mol. The first-order valence-electron chi connectivity index (χ1n) is 10.5. The second-order valence-electron chi connectivity index (χ2n) is 8.27. The molecule has 7 nitrogen and oxygen atoms in total. The molecule has 3 aliphatic rings. The van der Waals surface area contributed by atoms with Crippen LogP contribution in [0, 0.1) is 5.92 Å². The van der Waals surface area contributed by atoms with Gasteiger partial charge in [-0.1, -0.05) is 0 Å². The van der Waals surface area contributed by atoms with Crippen molar-refractivity contribution in [3.63, 3.8) is 0 Å². The third kappa shape index (κ3) is 5.23. The first kappa shape index (κ1) is 19.2. The number of urea groups is 1. The summed E-state index contributed by atoms with van der Waals surface area (Å²) in [4.78, 5) is 24.3. The predicted octanol–water partition coefficient (Wildman–Crippen LogP) is 2.85. The Balaban J connectivity index is 1.19. The molecule has 3 fully saturated rings. The Morgan fingerprint density at radius 2 is 1.68 bits per heavy atom. The number of anilines is 2. The minimum absolute atomic E-state index is 0.0707. The lowest BCUT2D eigenvalue weighted by molar-refractivity contribution is -0.117. The summed E-state index contributed by atoms with van der Waals surface area (Å²) in [5.74, 6) is 0.550. The summed E-state index contributed by atoms with van der Waals surface area (Å²) in [6.45, 7) is 1.30. The van der Waals surface area contributed by atoms with Gasteiger partial charge in [-0.2, -0.15) is 0 Å². The van der Waals surface area contributed by atoms with Crippen LogP contribution in [0.4, 0.5) is 16.2 Å². The molecule has 3 aliphatic heterocycles. The fourth-order valence-corrected chi connectivity index (χ4v) is 4.64. The number of hydrogen-bond acceptors (Lipinski definition) is 4. The molecule has 0 aliphatic carbocycles. The molecule has 0 saturated carbocycles. The number of rotatable bonds is 6. The van der Waals surface area contributed by atoms with Gasteiger partial charge in [-0.25, -0.2) is 4.79 Å². The number of amides is 3. The van der Waals surface area contributed by atoms with Gasteiger partial charge in [-0.05, 0) is 68.7 Å². The zero-order valence-corrected chi connectivity index (χ0v) is 16.2. The van der Waals surface area contributed by atoms with Crippen molar-refractivity contribution < 1.29 is 14.3 Å². The molecule has 3 unspecified atom stereocenters. The molecule has 1 aromatic carbocycles. The summed E-state index contributed by atoms with van der Waals surface area (Å²) in [6, 6.07) is 8.20. The van der Waals surface area contributed by atoms with Gasteiger partial charge in [0.1, 0.15) is 0 Å². The topological polar surface area (TPSA) is 91.5 Å². The fourth-order valence-electron chi connectivity index (χ4n) is 4.64. The minimum Gasteiger partial charge on any atom is -0.376 e. The maximum atomic E-state index is 12.4. The molecule has 7 heteroatoms. The molecule has 3 amide bonds. The molecule has 3 saturated heterocycles. The maximum Gasteiger partial charge on any atom is 0.319 e. The van der Waals surface area contributed by atoms with Crippen LogP contribution in [0.3, 0.4) is 0 Å². The Labute approximate surface area is 166 Å². The van der Waals surface area contributed by atoms with Gasteiger partial charge in [0.05, 0.1) is 6.10 Å². The normalized spacial score (nSPS) is 28.7. The van der Waals surface area contributed by atoms with Crippen molar-refractivity contribution in [2.45, 2.75) is 63.1 Å². The van der Waals surface area contributed by atoms with Crippen molar-refractivity contribution in [1.82, 2.24) is 10.6 Å². The first-order valence-corrected chi connectivity index (χ1v) is 10.5. The number of carbonyl (C=O) groups excluding carboxylic acids is 2. The van der Waals surface area contributed by atoms with E-state index in [-0.39, 0.29) is 18.0 Å². The Hall–Kier alpha value is -2.12. The Morgan fingerprint density at radius 3 is 2.32 bits per heavy atom. The van der Waals surface area contributed by atoms with E-state index < -0.39 is 0 Å². The zero-order valence-electron chi connectivity index (χ0n) is 16.2. The van der Waals surface area contributed by atoms with E-state index >= 15 is 0 Å². The summed E-state index contributed by atoms with van der Waals surface area (Å²) in [7, 11) is 0. The lowest BCUT2D eigenvalue weighted by Crippen LogP contribution is -2.39. The number of ether oxygens (including phenoxy) is 1. The highest BCUT2D eigenvalue weighted by molar-refractivity contribution is 5.92. The third-order valence-corrected chi connectivity index (χ3v) is 5.99. The summed E-state index contributed by atoms with van der Waals surface area (Å²) in [5, 5.41) is 12.2. The monoisotopic (exact) mass is 386 g/mol. The Morgan fingerprint density at radius 1 is 1.00 bits per heavy atom. The van der Waals surface area contributed by atoms with Crippen LogP contribution >= 0.6 is 0 Å². The summed E-state index contributed by atoms with van der Waals surface area (Å²) in [5.41, 5.74) is 1.45. The van der Waals surface area contributed by atoms with Crippen LogP contribution in [0.25, 0.3) is 0 Å². The molecule has 2 bridgehead atoms. The van der Waals surface area contributed by atoms with Crippen LogP contribution in [0.5, 0.6) is 0 Å². The quantitative estimate of drug-likeness (QED) is 0.605. The average Bonchev–Trinajstić information content (AvgIpc) is 3.31. The van der Waals surface area contributed by atoms with Gasteiger partial charge in [-0.15, -0.1) is 0 Å². The van der Waals surface area contributed by atoms with Crippen molar-refractivity contribution in [2.75, 3.05) is 23.8 Å². The van der Waals surface area contributed by atoms with E-state index in [0.717, 1.165) is 38.0 Å². The van der Waals surface area contributed by atoms with Crippen LogP contribution in [-0.2, 0) is 9.53 Å². The molecule has 4 rings (SSSR count). The molecular weight excluding hydrogens is 356 g/mol. The summed E-state index contributed by atoms with van der Waals surface area (Å²) < 4.78 is 5.49.